The lowest BCUT2D eigenvalue weighted by Gasteiger charge is -2.28. The second-order valence-corrected chi connectivity index (χ2v) is 13.1. The predicted octanol–water partition coefficient (Wildman–Crippen LogP) is -3.05. The Morgan fingerprint density at radius 1 is 0.761 bits per heavy atom. The highest BCUT2D eigenvalue weighted by atomic mass is 31.2. The van der Waals surface area contributed by atoms with Gasteiger partial charge in [-0.05, 0) is 0 Å². The Balaban J connectivity index is 1.21. The number of nitrogens with two attached hydrogens (primary N) is 2. The number of hydrogen-bond acceptors (Lipinski definition) is 18. The number of H-pyrrole nitrogens is 2. The zero-order chi connectivity index (χ0) is 32.7. The van der Waals surface area contributed by atoms with Gasteiger partial charge in [0.15, 0.2) is 34.8 Å². The number of aliphatic hydroxyl groups excluding tert-OH is 2. The number of aliphatic hydroxyl groups is 2. The number of anilines is 2. The van der Waals surface area contributed by atoms with E-state index in [0.29, 0.717) is 0 Å². The molecule has 7 rings (SSSR count). The molecule has 26 heteroatoms. The van der Waals surface area contributed by atoms with Crippen LogP contribution < -0.4 is 22.6 Å². The maximum Gasteiger partial charge on any atom is 0.473 e. The molecule has 0 aliphatic carbocycles. The van der Waals surface area contributed by atoms with Gasteiger partial charge in [-0.1, -0.05) is 0 Å². The Kier molecular flexibility index (Phi) is 7.39. The summed E-state index contributed by atoms with van der Waals surface area (Å²) in [6.45, 7) is -1.64. The van der Waals surface area contributed by atoms with Gasteiger partial charge in [0.05, 0.1) is 25.9 Å². The molecule has 3 aliphatic rings. The lowest BCUT2D eigenvalue weighted by molar-refractivity contribution is -0.0664. The van der Waals surface area contributed by atoms with Crippen LogP contribution >= 0.6 is 15.6 Å². The summed E-state index contributed by atoms with van der Waals surface area (Å²) in [7, 11) is -10.2. The van der Waals surface area contributed by atoms with Crippen molar-refractivity contribution in [1.82, 2.24) is 39.0 Å². The highest BCUT2D eigenvalue weighted by Crippen LogP contribution is 2.54. The maximum absolute atomic E-state index is 13.4. The zero-order valence-corrected chi connectivity index (χ0v) is 24.6. The van der Waals surface area contributed by atoms with Crippen LogP contribution in [0.25, 0.3) is 22.3 Å². The number of phosphoric acid groups is 2. The monoisotopic (exact) mass is 690 g/mol. The van der Waals surface area contributed by atoms with E-state index >= 15 is 0 Å². The fourth-order valence-electron chi connectivity index (χ4n) is 5.39. The molecule has 46 heavy (non-hydrogen) atoms. The lowest BCUT2D eigenvalue weighted by Crippen LogP contribution is -2.39. The van der Waals surface area contributed by atoms with Crippen molar-refractivity contribution in [2.75, 3.05) is 24.7 Å². The number of fused-ring (bicyclic) bond motifs is 4. The fourth-order valence-corrected chi connectivity index (χ4v) is 7.32. The molecule has 4 aromatic rings. The lowest BCUT2D eigenvalue weighted by atomic mass is 10.1. The van der Waals surface area contributed by atoms with Crippen molar-refractivity contribution in [3.05, 3.63) is 33.4 Å². The van der Waals surface area contributed by atoms with Gasteiger partial charge in [-0.15, -0.1) is 0 Å². The van der Waals surface area contributed by atoms with Crippen LogP contribution in [0, 0.1) is 0 Å². The van der Waals surface area contributed by atoms with E-state index in [9.17, 15) is 38.7 Å². The molecule has 10 N–H and O–H groups in total. The van der Waals surface area contributed by atoms with Gasteiger partial charge < -0.3 is 40.9 Å². The molecule has 8 atom stereocenters. The zero-order valence-electron chi connectivity index (χ0n) is 22.8. The molecule has 0 unspecified atom stereocenters. The standard InChI is InChI=1S/C20H24N10O14P2/c21-19-25-13-7(15(33)27-19)23-3-29(13)17-9(31)11-5(41-17)1-39-45(35,36)40-2-6-12(44-46(37,38)43-11)10(32)18(42-6)30-4-24-8-14(30)26-20(22)28-16(8)34/h3-6,9-12,17-18,31-32H,1-2H2,(H,35,36)(H,37,38)(H3,21,25,27,33)(H3,22,26,28,34)/t5-,6-,9-,10-,11-,12-,17-,18-/m1/s1. The van der Waals surface area contributed by atoms with E-state index in [0.717, 1.165) is 21.8 Å². The molecule has 24 nitrogen and oxygen atoms in total. The first kappa shape index (κ1) is 31.0. The summed E-state index contributed by atoms with van der Waals surface area (Å²) < 4.78 is 60.5. The Morgan fingerprint density at radius 2 is 1.17 bits per heavy atom. The Labute approximate surface area is 253 Å². The van der Waals surface area contributed by atoms with E-state index in [1.54, 1.807) is 0 Å². The summed E-state index contributed by atoms with van der Waals surface area (Å²) in [5.41, 5.74) is 9.24. The number of nitrogens with zero attached hydrogens (tertiary/aromatic N) is 6. The first-order chi connectivity index (χ1) is 21.7. The normalized spacial score (nSPS) is 37.1. The van der Waals surface area contributed by atoms with E-state index in [2.05, 4.69) is 29.9 Å². The van der Waals surface area contributed by atoms with Crippen molar-refractivity contribution in [3.63, 3.8) is 0 Å². The summed E-state index contributed by atoms with van der Waals surface area (Å²) in [6.07, 6.45) is -11.1. The minimum atomic E-state index is -5.27. The van der Waals surface area contributed by atoms with Crippen LogP contribution in [0.5, 0.6) is 0 Å². The highest BCUT2D eigenvalue weighted by Gasteiger charge is 2.54. The summed E-state index contributed by atoms with van der Waals surface area (Å²) in [4.78, 5) is 66.0. The third kappa shape index (κ3) is 5.33. The molecule has 7 heterocycles. The fraction of sp³-hybridized carbons (Fsp3) is 0.500. The van der Waals surface area contributed by atoms with Crippen molar-refractivity contribution >= 4 is 49.9 Å². The summed E-state index contributed by atoms with van der Waals surface area (Å²) in [5.74, 6) is -0.575. The third-order valence-electron chi connectivity index (χ3n) is 7.38. The van der Waals surface area contributed by atoms with Crippen LogP contribution in [0.3, 0.4) is 0 Å². The average Bonchev–Trinajstić information content (AvgIpc) is 3.72. The molecule has 0 radical (unpaired) electrons. The number of aromatic amines is 2. The van der Waals surface area contributed by atoms with Crippen LogP contribution in [0.1, 0.15) is 12.5 Å². The van der Waals surface area contributed by atoms with Gasteiger partial charge in [-0.3, -0.25) is 46.8 Å². The second kappa shape index (κ2) is 11.0. The number of ether oxygens (including phenoxy) is 2. The topological polar surface area (TPSA) is 350 Å². The molecule has 0 aromatic carbocycles. The molecular formula is C20H24N10O14P2. The van der Waals surface area contributed by atoms with Crippen LogP contribution in [0.2, 0.25) is 0 Å². The molecule has 0 amide bonds. The van der Waals surface area contributed by atoms with E-state index < -0.39 is 89.1 Å². The van der Waals surface area contributed by atoms with Gasteiger partial charge in [0.1, 0.15) is 36.6 Å². The number of imidazole rings is 2. The Hall–Kier alpha value is -3.64. The number of phosphoric ester groups is 2. The molecule has 4 aromatic heterocycles. The van der Waals surface area contributed by atoms with Gasteiger partial charge in [-0.25, -0.2) is 19.1 Å². The minimum absolute atomic E-state index is 0.131. The number of nitrogens with one attached hydrogen (secondary N) is 2. The number of nitrogen functional groups attached to an aromatic ring is 2. The second-order valence-electron chi connectivity index (χ2n) is 10.3. The molecular weight excluding hydrogens is 666 g/mol. The van der Waals surface area contributed by atoms with Gasteiger partial charge in [0.2, 0.25) is 11.9 Å². The van der Waals surface area contributed by atoms with Crippen molar-refractivity contribution in [3.8, 4) is 0 Å². The van der Waals surface area contributed by atoms with Crippen LogP contribution in [0.4, 0.5) is 11.9 Å². The van der Waals surface area contributed by atoms with Gasteiger partial charge in [-0.2, -0.15) is 9.97 Å². The quantitative estimate of drug-likeness (QED) is 0.0968. The SMILES string of the molecule is Nc1nc2c(ncn2[C@@H]2O[C@@H]3COP(=O)(O)OC[C@H]4O[C@@H](n5cnc6c(=O)[nH]c(N)nc65)[C@H](O)[C@@H]4OP(=O)(O)O[C@H]3[C@H]2O)c(=O)[nH]1. The van der Waals surface area contributed by atoms with Crippen LogP contribution in [-0.2, 0) is 36.7 Å². The Bertz CT molecular complexity index is 1910. The van der Waals surface area contributed by atoms with E-state index in [4.69, 9.17) is 39.0 Å². The molecule has 0 bridgehead atoms. The number of hydrogen-bond donors (Lipinski definition) is 8. The Morgan fingerprint density at radius 3 is 1.59 bits per heavy atom. The minimum Gasteiger partial charge on any atom is -0.386 e. The van der Waals surface area contributed by atoms with Crippen molar-refractivity contribution in [2.24, 2.45) is 0 Å². The van der Waals surface area contributed by atoms with Gasteiger partial charge >= 0.3 is 15.6 Å². The third-order valence-corrected chi connectivity index (χ3v) is 9.35. The largest absolute Gasteiger partial charge is 0.473 e. The van der Waals surface area contributed by atoms with E-state index in [1.807, 2.05) is 0 Å². The van der Waals surface area contributed by atoms with Gasteiger partial charge in [0.25, 0.3) is 11.1 Å². The highest BCUT2D eigenvalue weighted by molar-refractivity contribution is 7.47. The van der Waals surface area contributed by atoms with Crippen molar-refractivity contribution < 1.29 is 56.7 Å². The van der Waals surface area contributed by atoms with Crippen LogP contribution in [0.15, 0.2) is 22.2 Å². The molecule has 3 fully saturated rings. The van der Waals surface area contributed by atoms with Gasteiger partial charge in [0, 0.05) is 0 Å². The molecule has 0 saturated carbocycles. The summed E-state index contributed by atoms with van der Waals surface area (Å²) in [6, 6.07) is 0. The van der Waals surface area contributed by atoms with E-state index in [-0.39, 0.29) is 34.2 Å². The first-order valence-corrected chi connectivity index (χ1v) is 16.1. The summed E-state index contributed by atoms with van der Waals surface area (Å²) in [5, 5.41) is 22.4. The van der Waals surface area contributed by atoms with Crippen molar-refractivity contribution in [2.45, 2.75) is 49.1 Å². The summed E-state index contributed by atoms with van der Waals surface area (Å²) >= 11 is 0. The maximum atomic E-state index is 13.4. The van der Waals surface area contributed by atoms with Crippen LogP contribution in [-0.4, -0.2) is 109 Å². The first-order valence-electron chi connectivity index (χ1n) is 13.1. The number of rotatable bonds is 2. The average molecular weight is 690 g/mol. The molecule has 0 spiro atoms. The molecule has 3 saturated heterocycles. The molecule has 3 aliphatic heterocycles. The predicted molar refractivity (Wildman–Crippen MR) is 146 cm³/mol. The smallest absolute Gasteiger partial charge is 0.386 e. The molecule has 248 valence electrons. The van der Waals surface area contributed by atoms with Crippen molar-refractivity contribution in [1.29, 1.82) is 0 Å². The van der Waals surface area contributed by atoms with E-state index in [1.165, 1.54) is 0 Å². The number of aromatic nitrogens is 8.